The lowest BCUT2D eigenvalue weighted by Crippen LogP contribution is -2.29. The van der Waals surface area contributed by atoms with Gasteiger partial charge in [0.1, 0.15) is 6.54 Å². The molecule has 6 nitrogen and oxygen atoms in total. The number of rotatable bonds is 5. The molecule has 0 radical (unpaired) electrons. The fourth-order valence-electron chi connectivity index (χ4n) is 2.33. The van der Waals surface area contributed by atoms with Gasteiger partial charge < -0.3 is 5.11 Å². The molecule has 1 heterocycles. The first kappa shape index (κ1) is 16.1. The van der Waals surface area contributed by atoms with Crippen molar-refractivity contribution >= 4 is 26.8 Å². The van der Waals surface area contributed by atoms with Crippen molar-refractivity contribution in [2.45, 2.75) is 4.90 Å². The van der Waals surface area contributed by atoms with Gasteiger partial charge in [-0.3, -0.25) is 9.78 Å². The maximum atomic E-state index is 12.0. The standard InChI is InChI=1S/C17H14N2O4S/c20-17(21)11-19-24(22,23)16-5-3-12(4-6-16)13-1-2-15-10-18-8-7-14(15)9-13/h1-10,19H,11H2,(H,20,21). The molecule has 3 aromatic rings. The van der Waals surface area contributed by atoms with E-state index in [0.717, 1.165) is 21.9 Å². The minimum absolute atomic E-state index is 0.0255. The third-order valence-corrected chi connectivity index (χ3v) is 4.97. The molecule has 0 aliphatic rings. The molecule has 2 aromatic carbocycles. The third-order valence-electron chi connectivity index (χ3n) is 3.55. The normalized spacial score (nSPS) is 11.5. The first-order chi connectivity index (χ1) is 11.5. The molecular weight excluding hydrogens is 328 g/mol. The highest BCUT2D eigenvalue weighted by Gasteiger charge is 2.15. The molecule has 3 rings (SSSR count). The smallest absolute Gasteiger partial charge is 0.318 e. The third kappa shape index (κ3) is 3.42. The Morgan fingerprint density at radius 1 is 1.00 bits per heavy atom. The Balaban J connectivity index is 1.89. The number of carbonyl (C=O) groups is 1. The Labute approximate surface area is 138 Å². The number of carboxylic acid groups (broad SMARTS) is 1. The van der Waals surface area contributed by atoms with Gasteiger partial charge in [-0.25, -0.2) is 8.42 Å². The van der Waals surface area contributed by atoms with Crippen LogP contribution in [-0.2, 0) is 14.8 Å². The summed E-state index contributed by atoms with van der Waals surface area (Å²) in [5.41, 5.74) is 1.82. The van der Waals surface area contributed by atoms with E-state index in [9.17, 15) is 13.2 Å². The van der Waals surface area contributed by atoms with Gasteiger partial charge >= 0.3 is 5.97 Å². The van der Waals surface area contributed by atoms with Gasteiger partial charge in [-0.2, -0.15) is 4.72 Å². The first-order valence-corrected chi connectivity index (χ1v) is 8.60. The summed E-state index contributed by atoms with van der Waals surface area (Å²) < 4.78 is 26.0. The number of nitrogens with zero attached hydrogens (tertiary/aromatic N) is 1. The van der Waals surface area contributed by atoms with Crippen LogP contribution < -0.4 is 4.72 Å². The second-order valence-electron chi connectivity index (χ2n) is 5.18. The van der Waals surface area contributed by atoms with Crippen LogP contribution in [0.15, 0.2) is 65.8 Å². The Morgan fingerprint density at radius 2 is 1.71 bits per heavy atom. The molecule has 0 fully saturated rings. The lowest BCUT2D eigenvalue weighted by atomic mass is 10.0. The van der Waals surface area contributed by atoms with E-state index < -0.39 is 22.5 Å². The Hall–Kier alpha value is -2.77. The molecule has 0 spiro atoms. The van der Waals surface area contributed by atoms with E-state index in [0.29, 0.717) is 0 Å². The van der Waals surface area contributed by atoms with Crippen LogP contribution in [0.5, 0.6) is 0 Å². The van der Waals surface area contributed by atoms with E-state index in [2.05, 4.69) is 4.98 Å². The quantitative estimate of drug-likeness (QED) is 0.741. The van der Waals surface area contributed by atoms with Gasteiger partial charge in [-0.15, -0.1) is 0 Å². The van der Waals surface area contributed by atoms with Crippen LogP contribution >= 0.6 is 0 Å². The zero-order chi connectivity index (χ0) is 17.2. The van der Waals surface area contributed by atoms with Crippen molar-refractivity contribution in [2.75, 3.05) is 6.54 Å². The Kier molecular flexibility index (Phi) is 4.28. The topological polar surface area (TPSA) is 96.4 Å². The van der Waals surface area contributed by atoms with Crippen LogP contribution in [0.2, 0.25) is 0 Å². The molecule has 7 heteroatoms. The van der Waals surface area contributed by atoms with Crippen LogP contribution in [0.25, 0.3) is 21.9 Å². The van der Waals surface area contributed by atoms with E-state index in [1.54, 1.807) is 24.5 Å². The summed E-state index contributed by atoms with van der Waals surface area (Å²) in [5, 5.41) is 10.6. The van der Waals surface area contributed by atoms with Gasteiger partial charge in [0.05, 0.1) is 4.90 Å². The summed E-state index contributed by atoms with van der Waals surface area (Å²) in [4.78, 5) is 14.6. The molecule has 122 valence electrons. The van der Waals surface area contributed by atoms with Crippen molar-refractivity contribution in [1.82, 2.24) is 9.71 Å². The number of carboxylic acids is 1. The highest BCUT2D eigenvalue weighted by atomic mass is 32.2. The predicted octanol–water partition coefficient (Wildman–Crippen LogP) is 2.26. The van der Waals surface area contributed by atoms with E-state index in [-0.39, 0.29) is 4.90 Å². The van der Waals surface area contributed by atoms with Crippen molar-refractivity contribution in [3.05, 3.63) is 60.9 Å². The van der Waals surface area contributed by atoms with Crippen LogP contribution in [0.4, 0.5) is 0 Å². The number of hydrogen-bond donors (Lipinski definition) is 2. The molecule has 0 saturated heterocycles. The maximum Gasteiger partial charge on any atom is 0.318 e. The maximum absolute atomic E-state index is 12.0. The zero-order valence-electron chi connectivity index (χ0n) is 12.5. The minimum Gasteiger partial charge on any atom is -0.480 e. The average molecular weight is 342 g/mol. The van der Waals surface area contributed by atoms with E-state index in [1.165, 1.54) is 12.1 Å². The lowest BCUT2D eigenvalue weighted by Gasteiger charge is -2.07. The molecule has 0 saturated carbocycles. The molecule has 0 amide bonds. The lowest BCUT2D eigenvalue weighted by molar-refractivity contribution is -0.135. The van der Waals surface area contributed by atoms with Gasteiger partial charge in [0.15, 0.2) is 0 Å². The van der Waals surface area contributed by atoms with Gasteiger partial charge in [-0.05, 0) is 40.8 Å². The van der Waals surface area contributed by atoms with Gasteiger partial charge in [0, 0.05) is 17.8 Å². The average Bonchev–Trinajstić information content (AvgIpc) is 2.60. The van der Waals surface area contributed by atoms with Crippen molar-refractivity contribution < 1.29 is 18.3 Å². The number of nitrogens with one attached hydrogen (secondary N) is 1. The molecule has 1 aromatic heterocycles. The SMILES string of the molecule is O=C(O)CNS(=O)(=O)c1ccc(-c2ccc3cnccc3c2)cc1. The van der Waals surface area contributed by atoms with E-state index in [1.807, 2.05) is 29.0 Å². The van der Waals surface area contributed by atoms with Crippen LogP contribution in [0.1, 0.15) is 0 Å². The molecule has 0 aliphatic carbocycles. The van der Waals surface area contributed by atoms with Crippen molar-refractivity contribution in [1.29, 1.82) is 0 Å². The van der Waals surface area contributed by atoms with E-state index >= 15 is 0 Å². The number of aliphatic carboxylic acids is 1. The largest absolute Gasteiger partial charge is 0.480 e. The summed E-state index contributed by atoms with van der Waals surface area (Å²) in [6.07, 6.45) is 3.50. The van der Waals surface area contributed by atoms with Crippen LogP contribution in [0, 0.1) is 0 Å². The zero-order valence-corrected chi connectivity index (χ0v) is 13.3. The monoisotopic (exact) mass is 342 g/mol. The molecular formula is C17H14N2O4S. The Morgan fingerprint density at radius 3 is 2.42 bits per heavy atom. The second kappa shape index (κ2) is 6.38. The molecule has 24 heavy (non-hydrogen) atoms. The molecule has 0 aliphatic heterocycles. The fraction of sp³-hybridized carbons (Fsp3) is 0.0588. The summed E-state index contributed by atoms with van der Waals surface area (Å²) in [6, 6.07) is 14.1. The highest BCUT2D eigenvalue weighted by Crippen LogP contribution is 2.25. The number of pyridine rings is 1. The van der Waals surface area contributed by atoms with Gasteiger partial charge in [0.25, 0.3) is 0 Å². The summed E-state index contributed by atoms with van der Waals surface area (Å²) >= 11 is 0. The molecule has 0 bridgehead atoms. The minimum atomic E-state index is -3.83. The number of benzene rings is 2. The van der Waals surface area contributed by atoms with Crippen LogP contribution in [0.3, 0.4) is 0 Å². The van der Waals surface area contributed by atoms with Gasteiger partial charge in [0.2, 0.25) is 10.0 Å². The second-order valence-corrected chi connectivity index (χ2v) is 6.95. The molecule has 2 N–H and O–H groups in total. The summed E-state index contributed by atoms with van der Waals surface area (Å²) in [7, 11) is -3.83. The number of fused-ring (bicyclic) bond motifs is 1. The van der Waals surface area contributed by atoms with Crippen LogP contribution in [-0.4, -0.2) is 31.0 Å². The van der Waals surface area contributed by atoms with Crippen molar-refractivity contribution in [3.8, 4) is 11.1 Å². The number of hydrogen-bond acceptors (Lipinski definition) is 4. The van der Waals surface area contributed by atoms with Crippen molar-refractivity contribution in [2.24, 2.45) is 0 Å². The fourth-order valence-corrected chi connectivity index (χ4v) is 3.30. The molecule has 0 atom stereocenters. The summed E-state index contributed by atoms with van der Waals surface area (Å²) in [5.74, 6) is -1.24. The van der Waals surface area contributed by atoms with E-state index in [4.69, 9.17) is 5.11 Å². The predicted molar refractivity (Wildman–Crippen MR) is 90.0 cm³/mol. The number of aromatic nitrogens is 1. The highest BCUT2D eigenvalue weighted by molar-refractivity contribution is 7.89. The van der Waals surface area contributed by atoms with Gasteiger partial charge in [-0.1, -0.05) is 24.3 Å². The number of sulfonamides is 1. The first-order valence-electron chi connectivity index (χ1n) is 7.11. The Bertz CT molecular complexity index is 999. The summed E-state index contributed by atoms with van der Waals surface area (Å²) in [6.45, 7) is -0.650. The van der Waals surface area contributed by atoms with Crippen molar-refractivity contribution in [3.63, 3.8) is 0 Å². The molecule has 0 unspecified atom stereocenters.